The van der Waals surface area contributed by atoms with Gasteiger partial charge in [-0.2, -0.15) is 0 Å². The van der Waals surface area contributed by atoms with Crippen LogP contribution in [-0.4, -0.2) is 35.0 Å². The van der Waals surface area contributed by atoms with Crippen molar-refractivity contribution in [2.24, 2.45) is 0 Å². The second-order valence-electron chi connectivity index (χ2n) is 3.83. The lowest BCUT2D eigenvalue weighted by Gasteiger charge is -2.22. The fraction of sp³-hybridized carbons (Fsp3) is 0.455. The van der Waals surface area contributed by atoms with E-state index in [1.165, 1.54) is 26.4 Å². The van der Waals surface area contributed by atoms with E-state index in [4.69, 9.17) is 9.47 Å². The molecular weight excluding hydrogens is 341 g/mol. The van der Waals surface area contributed by atoms with Crippen molar-refractivity contribution < 1.29 is 22.3 Å². The molecule has 0 saturated heterocycles. The predicted molar refractivity (Wildman–Crippen MR) is 71.7 cm³/mol. The third kappa shape index (κ3) is 4.22. The highest BCUT2D eigenvalue weighted by molar-refractivity contribution is 9.10. The Morgan fingerprint density at radius 2 is 1.89 bits per heavy atom. The topological polar surface area (TPSA) is 64.6 Å². The smallest absolute Gasteiger partial charge is 0.241 e. The van der Waals surface area contributed by atoms with E-state index in [-0.39, 0.29) is 9.37 Å². The summed E-state index contributed by atoms with van der Waals surface area (Å²) in [5.74, 6) is -0.648. The maximum Gasteiger partial charge on any atom is 0.241 e. The molecule has 0 amide bonds. The summed E-state index contributed by atoms with van der Waals surface area (Å²) in [4.78, 5) is -0.161. The molecule has 5 nitrogen and oxygen atoms in total. The molecule has 1 aromatic carbocycles. The van der Waals surface area contributed by atoms with Crippen molar-refractivity contribution in [2.45, 2.75) is 24.2 Å². The molecule has 0 spiro atoms. The molecule has 1 N–H and O–H groups in total. The molecule has 0 bridgehead atoms. The summed E-state index contributed by atoms with van der Waals surface area (Å²) in [6.07, 6.45) is -0.727. The average Bonchev–Trinajstić information content (AvgIpc) is 2.33. The zero-order valence-corrected chi connectivity index (χ0v) is 13.1. The van der Waals surface area contributed by atoms with E-state index in [0.717, 1.165) is 6.07 Å². The first kappa shape index (κ1) is 16.5. The first-order valence-corrected chi connectivity index (χ1v) is 7.62. The molecule has 8 heteroatoms. The molecule has 1 atom stereocenters. The minimum Gasteiger partial charge on any atom is -0.354 e. The summed E-state index contributed by atoms with van der Waals surface area (Å²) in [5, 5.41) is 0. The zero-order valence-electron chi connectivity index (χ0n) is 10.7. The minimum absolute atomic E-state index is 0.161. The van der Waals surface area contributed by atoms with Crippen molar-refractivity contribution in [3.63, 3.8) is 0 Å². The lowest BCUT2D eigenvalue weighted by molar-refractivity contribution is -0.115. The number of sulfonamides is 1. The Hall–Kier alpha value is -0.540. The molecule has 0 aliphatic heterocycles. The van der Waals surface area contributed by atoms with Gasteiger partial charge in [0.05, 0.1) is 15.4 Å². The van der Waals surface area contributed by atoms with Crippen LogP contribution in [0.1, 0.15) is 6.92 Å². The van der Waals surface area contributed by atoms with Crippen LogP contribution in [-0.2, 0) is 19.5 Å². The van der Waals surface area contributed by atoms with Crippen LogP contribution < -0.4 is 4.72 Å². The number of rotatable bonds is 6. The number of benzene rings is 1. The second kappa shape index (κ2) is 6.76. The van der Waals surface area contributed by atoms with Crippen LogP contribution in [0.15, 0.2) is 27.6 Å². The van der Waals surface area contributed by atoms with E-state index in [1.807, 2.05) is 0 Å². The maximum absolute atomic E-state index is 13.3. The van der Waals surface area contributed by atoms with Gasteiger partial charge in [-0.25, -0.2) is 17.5 Å². The maximum atomic E-state index is 13.3. The second-order valence-corrected chi connectivity index (χ2v) is 6.39. The van der Waals surface area contributed by atoms with Crippen molar-refractivity contribution in [2.75, 3.05) is 14.2 Å². The van der Waals surface area contributed by atoms with E-state index < -0.39 is 28.2 Å². The molecule has 0 aromatic heterocycles. The SMILES string of the molecule is COC(OC)C(C)NS(=O)(=O)c1ccc(Br)c(F)c1. The monoisotopic (exact) mass is 355 g/mol. The van der Waals surface area contributed by atoms with Crippen molar-refractivity contribution in [3.8, 4) is 0 Å². The molecule has 1 aromatic rings. The van der Waals surface area contributed by atoms with Crippen molar-refractivity contribution >= 4 is 26.0 Å². The third-order valence-electron chi connectivity index (χ3n) is 2.42. The molecule has 19 heavy (non-hydrogen) atoms. The first-order valence-electron chi connectivity index (χ1n) is 5.34. The van der Waals surface area contributed by atoms with Crippen LogP contribution >= 0.6 is 15.9 Å². The number of ether oxygens (including phenoxy) is 2. The van der Waals surface area contributed by atoms with Gasteiger partial charge in [-0.1, -0.05) is 0 Å². The van der Waals surface area contributed by atoms with Crippen LogP contribution in [0.4, 0.5) is 4.39 Å². The number of hydrogen-bond donors (Lipinski definition) is 1. The lowest BCUT2D eigenvalue weighted by Crippen LogP contribution is -2.42. The Balaban J connectivity index is 2.95. The molecule has 0 saturated carbocycles. The van der Waals surface area contributed by atoms with Crippen LogP contribution in [0.25, 0.3) is 0 Å². The fourth-order valence-electron chi connectivity index (χ4n) is 1.52. The number of nitrogens with one attached hydrogen (secondary N) is 1. The molecule has 108 valence electrons. The molecule has 0 aliphatic rings. The predicted octanol–water partition coefficient (Wildman–Crippen LogP) is 1.87. The minimum atomic E-state index is -3.83. The van der Waals surface area contributed by atoms with Gasteiger partial charge in [-0.3, -0.25) is 0 Å². The Morgan fingerprint density at radius 1 is 1.32 bits per heavy atom. The summed E-state index contributed by atoms with van der Waals surface area (Å²) in [6, 6.07) is 2.95. The summed E-state index contributed by atoms with van der Waals surface area (Å²) in [6.45, 7) is 1.59. The molecule has 1 unspecified atom stereocenters. The van der Waals surface area contributed by atoms with Crippen LogP contribution in [0.2, 0.25) is 0 Å². The zero-order chi connectivity index (χ0) is 14.6. The molecule has 0 heterocycles. The van der Waals surface area contributed by atoms with Gasteiger partial charge in [0.15, 0.2) is 6.29 Å². The van der Waals surface area contributed by atoms with Gasteiger partial charge in [0, 0.05) is 14.2 Å². The standard InChI is InChI=1S/C11H15BrFNO4S/c1-7(11(17-2)18-3)14-19(15,16)8-4-5-9(12)10(13)6-8/h4-7,11,14H,1-3H3. The van der Waals surface area contributed by atoms with Gasteiger partial charge in [0.1, 0.15) is 5.82 Å². The van der Waals surface area contributed by atoms with E-state index >= 15 is 0 Å². The molecule has 0 radical (unpaired) electrons. The number of methoxy groups -OCH3 is 2. The number of hydrogen-bond acceptors (Lipinski definition) is 4. The van der Waals surface area contributed by atoms with Crippen LogP contribution in [0, 0.1) is 5.82 Å². The summed E-state index contributed by atoms with van der Waals surface area (Å²) in [7, 11) is -1.03. The normalized spacial score (nSPS) is 13.8. The van der Waals surface area contributed by atoms with Gasteiger partial charge in [0.25, 0.3) is 0 Å². The molecule has 0 aliphatic carbocycles. The highest BCUT2D eigenvalue weighted by Gasteiger charge is 2.24. The molecule has 0 fully saturated rings. The van der Waals surface area contributed by atoms with Gasteiger partial charge in [0.2, 0.25) is 10.0 Å². The van der Waals surface area contributed by atoms with Crippen LogP contribution in [0.3, 0.4) is 0 Å². The Bertz CT molecular complexity index is 533. The number of halogens is 2. The van der Waals surface area contributed by atoms with Crippen molar-refractivity contribution in [1.82, 2.24) is 4.72 Å². The van der Waals surface area contributed by atoms with Crippen molar-refractivity contribution in [1.29, 1.82) is 0 Å². The largest absolute Gasteiger partial charge is 0.354 e. The van der Waals surface area contributed by atoms with Gasteiger partial charge in [-0.15, -0.1) is 0 Å². The van der Waals surface area contributed by atoms with E-state index in [1.54, 1.807) is 6.92 Å². The summed E-state index contributed by atoms with van der Waals surface area (Å²) < 4.78 is 49.9. The fourth-order valence-corrected chi connectivity index (χ4v) is 3.01. The van der Waals surface area contributed by atoms with Crippen molar-refractivity contribution in [3.05, 3.63) is 28.5 Å². The summed E-state index contributed by atoms with van der Waals surface area (Å²) in [5.41, 5.74) is 0. The highest BCUT2D eigenvalue weighted by atomic mass is 79.9. The van der Waals surface area contributed by atoms with Gasteiger partial charge >= 0.3 is 0 Å². The molecule has 1 rings (SSSR count). The first-order chi connectivity index (χ1) is 8.81. The quantitative estimate of drug-likeness (QED) is 0.791. The summed E-state index contributed by atoms with van der Waals surface area (Å²) >= 11 is 2.96. The van der Waals surface area contributed by atoms with E-state index in [9.17, 15) is 12.8 Å². The molecular formula is C11H15BrFNO4S. The lowest BCUT2D eigenvalue weighted by atomic mass is 10.3. The van der Waals surface area contributed by atoms with Crippen LogP contribution in [0.5, 0.6) is 0 Å². The van der Waals surface area contributed by atoms with E-state index in [2.05, 4.69) is 20.7 Å². The Morgan fingerprint density at radius 3 is 2.37 bits per heavy atom. The van der Waals surface area contributed by atoms with Gasteiger partial charge in [-0.05, 0) is 41.1 Å². The third-order valence-corrected chi connectivity index (χ3v) is 4.62. The van der Waals surface area contributed by atoms with E-state index in [0.29, 0.717) is 0 Å². The Kier molecular flexibility index (Phi) is 5.87. The highest BCUT2D eigenvalue weighted by Crippen LogP contribution is 2.19. The average molecular weight is 356 g/mol. The Labute approximate surface area is 120 Å². The van der Waals surface area contributed by atoms with Gasteiger partial charge < -0.3 is 9.47 Å².